The van der Waals surface area contributed by atoms with Crippen LogP contribution in [0, 0.1) is 0 Å². The summed E-state index contributed by atoms with van der Waals surface area (Å²) < 4.78 is 12.5. The maximum Gasteiger partial charge on any atom is 0.104 e. The highest BCUT2D eigenvalue weighted by molar-refractivity contribution is 5.27. The molecule has 0 saturated carbocycles. The molecular formula is C8H9F. The Hall–Kier alpha value is -0.850. The Morgan fingerprint density at radius 3 is 3.11 bits per heavy atom. The molecule has 0 N–H and O–H groups in total. The molecule has 0 saturated heterocycles. The van der Waals surface area contributed by atoms with Gasteiger partial charge in [0.2, 0.25) is 0 Å². The van der Waals surface area contributed by atoms with Crippen LogP contribution < -0.4 is 0 Å². The SMILES string of the molecule is CC1=CC=CCC(F)=C1. The van der Waals surface area contributed by atoms with E-state index in [2.05, 4.69) is 0 Å². The molecule has 0 unspecified atom stereocenters. The molecular weight excluding hydrogens is 115 g/mol. The highest BCUT2D eigenvalue weighted by Gasteiger charge is 1.93. The van der Waals surface area contributed by atoms with Crippen LogP contribution in [0.25, 0.3) is 0 Å². The summed E-state index contributed by atoms with van der Waals surface area (Å²) in [6.07, 6.45) is 7.57. The van der Waals surface area contributed by atoms with Crippen LogP contribution in [0.3, 0.4) is 0 Å². The molecule has 0 fully saturated rings. The summed E-state index contributed by atoms with van der Waals surface area (Å²) in [5.41, 5.74) is 0.973. The molecule has 0 aromatic heterocycles. The molecule has 0 radical (unpaired) electrons. The lowest BCUT2D eigenvalue weighted by molar-refractivity contribution is 0.617. The molecule has 0 aromatic carbocycles. The van der Waals surface area contributed by atoms with Crippen LogP contribution in [0.1, 0.15) is 13.3 Å². The second-order valence-corrected chi connectivity index (χ2v) is 2.13. The van der Waals surface area contributed by atoms with Gasteiger partial charge < -0.3 is 0 Å². The van der Waals surface area contributed by atoms with Gasteiger partial charge in [-0.05, 0) is 18.6 Å². The van der Waals surface area contributed by atoms with Crippen LogP contribution in [0.4, 0.5) is 4.39 Å². The zero-order valence-electron chi connectivity index (χ0n) is 5.39. The van der Waals surface area contributed by atoms with E-state index < -0.39 is 0 Å². The van der Waals surface area contributed by atoms with Crippen molar-refractivity contribution in [2.75, 3.05) is 0 Å². The van der Waals surface area contributed by atoms with E-state index in [-0.39, 0.29) is 5.83 Å². The van der Waals surface area contributed by atoms with Gasteiger partial charge >= 0.3 is 0 Å². The fourth-order valence-corrected chi connectivity index (χ4v) is 0.755. The van der Waals surface area contributed by atoms with Gasteiger partial charge in [-0.3, -0.25) is 0 Å². The van der Waals surface area contributed by atoms with Gasteiger partial charge in [0.05, 0.1) is 0 Å². The summed E-state index contributed by atoms with van der Waals surface area (Å²) in [7, 11) is 0. The molecule has 1 aliphatic carbocycles. The van der Waals surface area contributed by atoms with Crippen molar-refractivity contribution < 1.29 is 4.39 Å². The monoisotopic (exact) mass is 124 g/mol. The van der Waals surface area contributed by atoms with Crippen molar-refractivity contribution in [1.29, 1.82) is 0 Å². The fraction of sp³-hybridized carbons (Fsp3) is 0.250. The largest absolute Gasteiger partial charge is 0.211 e. The number of halogens is 1. The Morgan fingerprint density at radius 2 is 2.33 bits per heavy atom. The molecule has 9 heavy (non-hydrogen) atoms. The van der Waals surface area contributed by atoms with Crippen molar-refractivity contribution in [1.82, 2.24) is 0 Å². The third-order valence-corrected chi connectivity index (χ3v) is 1.19. The van der Waals surface area contributed by atoms with Gasteiger partial charge in [-0.25, -0.2) is 4.39 Å². The zero-order chi connectivity index (χ0) is 6.69. The van der Waals surface area contributed by atoms with E-state index in [1.54, 1.807) is 6.08 Å². The van der Waals surface area contributed by atoms with Crippen molar-refractivity contribution in [2.45, 2.75) is 13.3 Å². The number of allylic oxidation sites excluding steroid dienone is 6. The Labute approximate surface area is 54.4 Å². The van der Waals surface area contributed by atoms with E-state index in [4.69, 9.17) is 0 Å². The molecule has 1 heteroatoms. The van der Waals surface area contributed by atoms with Crippen LogP contribution in [0.15, 0.2) is 35.7 Å². The minimum Gasteiger partial charge on any atom is -0.211 e. The van der Waals surface area contributed by atoms with E-state index >= 15 is 0 Å². The lowest BCUT2D eigenvalue weighted by Crippen LogP contribution is -1.68. The summed E-state index contributed by atoms with van der Waals surface area (Å²) >= 11 is 0. The lowest BCUT2D eigenvalue weighted by Gasteiger charge is -1.86. The average molecular weight is 124 g/mol. The van der Waals surface area contributed by atoms with Crippen molar-refractivity contribution in [2.24, 2.45) is 0 Å². The van der Waals surface area contributed by atoms with Gasteiger partial charge in [0, 0.05) is 6.42 Å². The van der Waals surface area contributed by atoms with Crippen LogP contribution in [0.2, 0.25) is 0 Å². The van der Waals surface area contributed by atoms with Gasteiger partial charge in [0.15, 0.2) is 0 Å². The van der Waals surface area contributed by atoms with Crippen molar-refractivity contribution in [3.8, 4) is 0 Å². The van der Waals surface area contributed by atoms with Crippen molar-refractivity contribution >= 4 is 0 Å². The smallest absolute Gasteiger partial charge is 0.104 e. The molecule has 48 valence electrons. The highest BCUT2D eigenvalue weighted by Crippen LogP contribution is 2.11. The first-order valence-corrected chi connectivity index (χ1v) is 2.98. The molecule has 0 amide bonds. The number of hydrogen-bond acceptors (Lipinski definition) is 0. The Morgan fingerprint density at radius 1 is 1.56 bits per heavy atom. The van der Waals surface area contributed by atoms with Gasteiger partial charge in [0.1, 0.15) is 5.83 Å². The minimum atomic E-state index is -0.0579. The minimum absolute atomic E-state index is 0.0579. The molecule has 0 atom stereocenters. The maximum absolute atomic E-state index is 12.5. The van der Waals surface area contributed by atoms with E-state index in [1.807, 2.05) is 25.2 Å². The van der Waals surface area contributed by atoms with E-state index in [0.717, 1.165) is 5.57 Å². The molecule has 1 aliphatic rings. The number of rotatable bonds is 0. The third-order valence-electron chi connectivity index (χ3n) is 1.19. The maximum atomic E-state index is 12.5. The first-order valence-electron chi connectivity index (χ1n) is 2.98. The van der Waals surface area contributed by atoms with Gasteiger partial charge in [-0.2, -0.15) is 0 Å². The van der Waals surface area contributed by atoms with Crippen molar-refractivity contribution in [3.63, 3.8) is 0 Å². The first kappa shape index (κ1) is 6.27. The number of hydrogen-bond donors (Lipinski definition) is 0. The van der Waals surface area contributed by atoms with Crippen molar-refractivity contribution in [3.05, 3.63) is 35.7 Å². The van der Waals surface area contributed by atoms with Crippen LogP contribution in [-0.2, 0) is 0 Å². The summed E-state index contributed by atoms with van der Waals surface area (Å²) in [5, 5.41) is 0. The molecule has 1 rings (SSSR count). The summed E-state index contributed by atoms with van der Waals surface area (Å²) in [6.45, 7) is 1.88. The van der Waals surface area contributed by atoms with Crippen LogP contribution in [0.5, 0.6) is 0 Å². The molecule has 0 aliphatic heterocycles. The zero-order valence-corrected chi connectivity index (χ0v) is 5.39. The van der Waals surface area contributed by atoms with Crippen LogP contribution in [-0.4, -0.2) is 0 Å². The standard InChI is InChI=1S/C8H9F/c1-7-4-2-3-5-8(9)6-7/h2-4,6H,5H2,1H3. The van der Waals surface area contributed by atoms with E-state index in [0.29, 0.717) is 6.42 Å². The lowest BCUT2D eigenvalue weighted by atomic mass is 10.2. The molecule has 0 heterocycles. The predicted molar refractivity (Wildman–Crippen MR) is 36.7 cm³/mol. The topological polar surface area (TPSA) is 0 Å². The fourth-order valence-electron chi connectivity index (χ4n) is 0.755. The first-order chi connectivity index (χ1) is 4.29. The second kappa shape index (κ2) is 2.62. The summed E-state index contributed by atoms with van der Waals surface area (Å²) in [4.78, 5) is 0. The quantitative estimate of drug-likeness (QED) is 0.465. The molecule has 0 bridgehead atoms. The molecule has 0 spiro atoms. The summed E-state index contributed by atoms with van der Waals surface area (Å²) in [6, 6.07) is 0. The van der Waals surface area contributed by atoms with E-state index in [1.165, 1.54) is 0 Å². The van der Waals surface area contributed by atoms with Gasteiger partial charge in [-0.15, -0.1) is 0 Å². The van der Waals surface area contributed by atoms with Gasteiger partial charge in [-0.1, -0.05) is 18.2 Å². The van der Waals surface area contributed by atoms with E-state index in [9.17, 15) is 4.39 Å². The highest BCUT2D eigenvalue weighted by atomic mass is 19.1. The van der Waals surface area contributed by atoms with Gasteiger partial charge in [0.25, 0.3) is 0 Å². The molecule has 0 nitrogen and oxygen atoms in total. The average Bonchev–Trinajstić information content (AvgIpc) is 1.93. The normalized spacial score (nSPS) is 18.4. The molecule has 0 aromatic rings. The Bertz CT molecular complexity index is 185. The third kappa shape index (κ3) is 1.84. The Kier molecular flexibility index (Phi) is 1.83. The summed E-state index contributed by atoms with van der Waals surface area (Å²) in [5.74, 6) is -0.0579. The Balaban J connectivity index is 2.82. The second-order valence-electron chi connectivity index (χ2n) is 2.13. The van der Waals surface area contributed by atoms with Crippen LogP contribution >= 0.6 is 0 Å². The predicted octanol–water partition coefficient (Wildman–Crippen LogP) is 2.75.